The van der Waals surface area contributed by atoms with Crippen molar-refractivity contribution in [2.24, 2.45) is 10.4 Å². The minimum Gasteiger partial charge on any atom is -0.464 e. The fraction of sp³-hybridized carbons (Fsp3) is 0.310. The van der Waals surface area contributed by atoms with Crippen LogP contribution >= 0.6 is 0 Å². The van der Waals surface area contributed by atoms with Gasteiger partial charge in [-0.1, -0.05) is 32.0 Å². The van der Waals surface area contributed by atoms with E-state index in [0.29, 0.717) is 24.2 Å². The van der Waals surface area contributed by atoms with Gasteiger partial charge in [-0.05, 0) is 23.8 Å². The summed E-state index contributed by atoms with van der Waals surface area (Å²) in [7, 11) is -4.06. The van der Waals surface area contributed by atoms with Gasteiger partial charge in [0.25, 0.3) is 16.0 Å². The number of nitrogens with one attached hydrogen (secondary N) is 1. The zero-order valence-corrected chi connectivity index (χ0v) is 23.6. The number of benzene rings is 2. The molecule has 4 aromatic rings. The molecule has 0 bridgehead atoms. The van der Waals surface area contributed by atoms with Crippen LogP contribution in [0.2, 0.25) is 0 Å². The van der Waals surface area contributed by atoms with E-state index in [1.165, 1.54) is 30.6 Å². The second kappa shape index (κ2) is 10.3. The molecule has 1 saturated heterocycles. The Morgan fingerprint density at radius 1 is 1.10 bits per heavy atom. The monoisotopic (exact) mass is 598 g/mol. The number of pyridine rings is 1. The molecule has 220 valence electrons. The molecule has 10 nitrogen and oxygen atoms in total. The number of hydrogen-bond donors (Lipinski definition) is 2. The summed E-state index contributed by atoms with van der Waals surface area (Å²) < 4.78 is 75.7. The molecule has 0 saturated carbocycles. The van der Waals surface area contributed by atoms with Crippen molar-refractivity contribution in [3.8, 4) is 11.5 Å². The van der Waals surface area contributed by atoms with Crippen molar-refractivity contribution >= 4 is 32.8 Å². The largest absolute Gasteiger partial charge is 0.464 e. The number of halogens is 2. The predicted molar refractivity (Wildman–Crippen MR) is 150 cm³/mol. The summed E-state index contributed by atoms with van der Waals surface area (Å²) in [5.74, 6) is -2.65. The number of aliphatic hydroxyl groups is 1. The lowest BCUT2D eigenvalue weighted by Gasteiger charge is -2.38. The van der Waals surface area contributed by atoms with E-state index in [0.717, 1.165) is 16.1 Å². The van der Waals surface area contributed by atoms with Crippen molar-refractivity contribution in [1.82, 2.24) is 8.96 Å². The number of anilines is 1. The average Bonchev–Trinajstić information content (AvgIpc) is 3.37. The molecule has 1 atom stereocenters. The van der Waals surface area contributed by atoms with Crippen LogP contribution in [0.1, 0.15) is 19.4 Å². The van der Waals surface area contributed by atoms with E-state index >= 15 is 8.78 Å². The van der Waals surface area contributed by atoms with Gasteiger partial charge in [0.15, 0.2) is 23.0 Å². The minimum absolute atomic E-state index is 0.0342. The summed E-state index contributed by atoms with van der Waals surface area (Å²) in [4.78, 5) is 8.59. The smallest absolute Gasteiger partial charge is 0.289 e. The van der Waals surface area contributed by atoms with Gasteiger partial charge in [-0.2, -0.15) is 0 Å². The van der Waals surface area contributed by atoms with Crippen molar-refractivity contribution in [2.75, 3.05) is 38.3 Å². The molecule has 1 unspecified atom stereocenters. The van der Waals surface area contributed by atoms with Crippen LogP contribution in [0, 0.1) is 17.0 Å². The van der Waals surface area contributed by atoms with Gasteiger partial charge in [-0.3, -0.25) is 0 Å². The van der Waals surface area contributed by atoms with E-state index in [-0.39, 0.29) is 47.8 Å². The molecular weight excluding hydrogens is 570 g/mol. The minimum atomic E-state index is -4.06. The third-order valence-electron chi connectivity index (χ3n) is 7.41. The number of fused-ring (bicyclic) bond motifs is 1. The van der Waals surface area contributed by atoms with Crippen LogP contribution in [-0.4, -0.2) is 61.5 Å². The van der Waals surface area contributed by atoms with E-state index in [2.05, 4.69) is 15.3 Å². The molecule has 2 N–H and O–H groups in total. The van der Waals surface area contributed by atoms with E-state index in [1.807, 2.05) is 13.8 Å². The van der Waals surface area contributed by atoms with Gasteiger partial charge >= 0.3 is 0 Å². The zero-order valence-electron chi connectivity index (χ0n) is 22.8. The normalized spacial score (nSPS) is 20.0. The van der Waals surface area contributed by atoms with E-state index in [1.54, 1.807) is 18.2 Å². The Kier molecular flexibility index (Phi) is 6.90. The molecule has 0 aliphatic carbocycles. The molecule has 0 amide bonds. The first-order valence-corrected chi connectivity index (χ1v) is 14.6. The number of aliphatic imine (C=N–C) groups is 1. The fourth-order valence-electron chi connectivity index (χ4n) is 4.82. The molecule has 0 radical (unpaired) electrons. The highest BCUT2D eigenvalue weighted by molar-refractivity contribution is 7.90. The third-order valence-corrected chi connectivity index (χ3v) is 9.08. The Labute approximate surface area is 240 Å². The quantitative estimate of drug-likeness (QED) is 0.320. The molecule has 2 aliphatic rings. The van der Waals surface area contributed by atoms with Gasteiger partial charge in [0.05, 0.1) is 36.6 Å². The molecule has 1 fully saturated rings. The molecule has 2 aromatic heterocycles. The summed E-state index contributed by atoms with van der Waals surface area (Å²) in [6.45, 7) is 4.70. The van der Waals surface area contributed by atoms with E-state index in [9.17, 15) is 13.5 Å². The Bertz CT molecular complexity index is 1780. The highest BCUT2D eigenvalue weighted by Crippen LogP contribution is 2.43. The van der Waals surface area contributed by atoms with Gasteiger partial charge < -0.3 is 24.6 Å². The Hall–Kier alpha value is -4.07. The maximum atomic E-state index is 15.3. The number of hydrogen-bond acceptors (Lipinski definition) is 9. The number of ether oxygens (including phenoxy) is 3. The molecule has 2 aromatic carbocycles. The molecule has 2 aliphatic heterocycles. The Morgan fingerprint density at radius 3 is 2.40 bits per heavy atom. The SMILES string of the molecule is CC1(CO)CN=C(Nc2cc(F)c(Oc3ccnc4c3c(C3(C)COC3)cn4S(=O)(=O)c3ccccc3)c(F)c2)OC1. The molecular formula is C29H28F2N4O6S. The first-order chi connectivity index (χ1) is 20.0. The van der Waals surface area contributed by atoms with Gasteiger partial charge in [0.2, 0.25) is 0 Å². The summed E-state index contributed by atoms with van der Waals surface area (Å²) >= 11 is 0. The van der Waals surface area contributed by atoms with Crippen LogP contribution in [0.15, 0.2) is 70.8 Å². The summed E-state index contributed by atoms with van der Waals surface area (Å²) in [6, 6.07) is 11.5. The van der Waals surface area contributed by atoms with Gasteiger partial charge in [-0.15, -0.1) is 0 Å². The number of aromatic nitrogens is 2. The van der Waals surface area contributed by atoms with Gasteiger partial charge in [-0.25, -0.2) is 31.1 Å². The summed E-state index contributed by atoms with van der Waals surface area (Å²) in [6.07, 6.45) is 2.80. The molecule has 42 heavy (non-hydrogen) atoms. The molecule has 13 heteroatoms. The maximum Gasteiger partial charge on any atom is 0.289 e. The van der Waals surface area contributed by atoms with Gasteiger partial charge in [0.1, 0.15) is 12.4 Å². The fourth-order valence-corrected chi connectivity index (χ4v) is 6.16. The van der Waals surface area contributed by atoms with Crippen molar-refractivity contribution in [3.05, 3.63) is 78.1 Å². The zero-order chi connectivity index (χ0) is 29.7. The Morgan fingerprint density at radius 2 is 1.81 bits per heavy atom. The highest BCUT2D eigenvalue weighted by Gasteiger charge is 2.40. The maximum absolute atomic E-state index is 15.3. The number of rotatable bonds is 7. The molecule has 4 heterocycles. The second-order valence-electron chi connectivity index (χ2n) is 11.1. The van der Waals surface area contributed by atoms with Crippen molar-refractivity contribution in [1.29, 1.82) is 0 Å². The first kappa shape index (κ1) is 28.1. The molecule has 6 rings (SSSR count). The lowest BCUT2D eigenvalue weighted by atomic mass is 9.81. The topological polar surface area (TPSA) is 124 Å². The van der Waals surface area contributed by atoms with Crippen LogP contribution in [0.25, 0.3) is 11.0 Å². The van der Waals surface area contributed by atoms with E-state index in [4.69, 9.17) is 14.2 Å². The Balaban J connectivity index is 1.38. The van der Waals surface area contributed by atoms with Crippen LogP contribution < -0.4 is 10.1 Å². The predicted octanol–water partition coefficient (Wildman–Crippen LogP) is 4.43. The van der Waals surface area contributed by atoms with Crippen LogP contribution in [0.5, 0.6) is 11.5 Å². The van der Waals surface area contributed by atoms with Gasteiger partial charge in [0, 0.05) is 41.0 Å². The summed E-state index contributed by atoms with van der Waals surface area (Å²) in [5, 5.41) is 12.5. The van der Waals surface area contributed by atoms with Crippen LogP contribution in [0.3, 0.4) is 0 Å². The van der Waals surface area contributed by atoms with Crippen molar-refractivity contribution < 1.29 is 36.5 Å². The van der Waals surface area contributed by atoms with Crippen LogP contribution in [-0.2, 0) is 24.9 Å². The van der Waals surface area contributed by atoms with E-state index < -0.39 is 38.2 Å². The van der Waals surface area contributed by atoms with Crippen molar-refractivity contribution in [2.45, 2.75) is 24.2 Å². The number of amidine groups is 1. The number of nitrogens with zero attached hydrogens (tertiary/aromatic N) is 3. The average molecular weight is 599 g/mol. The molecule has 0 spiro atoms. The number of aliphatic hydroxyl groups excluding tert-OH is 1. The lowest BCUT2D eigenvalue weighted by Crippen LogP contribution is -2.43. The summed E-state index contributed by atoms with van der Waals surface area (Å²) in [5.41, 5.74) is -0.442. The third kappa shape index (κ3) is 4.86. The first-order valence-electron chi connectivity index (χ1n) is 13.1. The lowest BCUT2D eigenvalue weighted by molar-refractivity contribution is -0.0493. The van der Waals surface area contributed by atoms with Crippen molar-refractivity contribution in [3.63, 3.8) is 0 Å². The van der Waals surface area contributed by atoms with Crippen LogP contribution in [0.4, 0.5) is 14.5 Å². The second-order valence-corrected chi connectivity index (χ2v) is 12.9. The highest BCUT2D eigenvalue weighted by atomic mass is 32.2. The standard InChI is InChI=1S/C29H28F2N4O6S/c1-28(14-36)13-33-27(40-15-28)34-18-10-21(30)25(22(31)11-18)41-23-8-9-32-26-24(23)20(29(2)16-39-17-29)12-35(26)42(37,38)19-6-4-3-5-7-19/h3-12,36H,13-17H2,1-2H3,(H,33,34).